The minimum Gasteiger partial charge on any atom is -0.334 e. The normalized spacial score (nSPS) is 9.57. The maximum Gasteiger partial charge on any atom is 0.320 e. The van der Waals surface area contributed by atoms with E-state index in [1.807, 2.05) is 13.8 Å². The predicted octanol–water partition coefficient (Wildman–Crippen LogP) is 1.33. The number of nitrogens with one attached hydrogen (secondary N) is 3. The van der Waals surface area contributed by atoms with Gasteiger partial charge in [-0.25, -0.2) is 4.79 Å². The van der Waals surface area contributed by atoms with E-state index in [1.165, 1.54) is 0 Å². The fraction of sp³-hybridized carbons (Fsp3) is 0.333. The number of hydrogen-bond donors (Lipinski definition) is 3. The Bertz CT molecular complexity index is 343. The number of carbonyl (C=O) groups is 1. The molecule has 2 amide bonds. The zero-order valence-electron chi connectivity index (χ0n) is 8.35. The van der Waals surface area contributed by atoms with Gasteiger partial charge < -0.3 is 5.32 Å². The number of hydrogen-bond acceptors (Lipinski definition) is 2. The van der Waals surface area contributed by atoms with E-state index in [-0.39, 0.29) is 6.03 Å². The average Bonchev–Trinajstić information content (AvgIpc) is 2.46. The molecule has 0 atom stereocenters. The van der Waals surface area contributed by atoms with Crippen molar-refractivity contribution in [1.82, 2.24) is 15.5 Å². The summed E-state index contributed by atoms with van der Waals surface area (Å²) >= 11 is 0. The van der Waals surface area contributed by atoms with Gasteiger partial charge in [-0.1, -0.05) is 6.08 Å². The summed E-state index contributed by atoms with van der Waals surface area (Å²) in [6.07, 6.45) is 1.61. The highest BCUT2D eigenvalue weighted by atomic mass is 16.2. The van der Waals surface area contributed by atoms with Crippen molar-refractivity contribution in [2.24, 2.45) is 0 Å². The molecule has 0 aliphatic heterocycles. The lowest BCUT2D eigenvalue weighted by molar-refractivity contribution is 0.253. The van der Waals surface area contributed by atoms with Crippen molar-refractivity contribution in [2.45, 2.75) is 13.8 Å². The van der Waals surface area contributed by atoms with Crippen LogP contribution in [0.25, 0.3) is 0 Å². The monoisotopic (exact) mass is 194 g/mol. The van der Waals surface area contributed by atoms with Crippen LogP contribution >= 0.6 is 0 Å². The summed E-state index contributed by atoms with van der Waals surface area (Å²) in [5.41, 5.74) is 1.89. The maximum atomic E-state index is 11.2. The van der Waals surface area contributed by atoms with Crippen molar-refractivity contribution in [3.63, 3.8) is 0 Å². The highest BCUT2D eigenvalue weighted by Gasteiger charge is 2.07. The fourth-order valence-corrected chi connectivity index (χ4v) is 0.923. The van der Waals surface area contributed by atoms with Gasteiger partial charge in [-0.05, 0) is 13.8 Å². The van der Waals surface area contributed by atoms with Crippen LogP contribution in [0.1, 0.15) is 11.3 Å². The van der Waals surface area contributed by atoms with Crippen LogP contribution in [0.15, 0.2) is 12.7 Å². The molecule has 14 heavy (non-hydrogen) atoms. The summed E-state index contributed by atoms with van der Waals surface area (Å²) in [5, 5.41) is 11.9. The van der Waals surface area contributed by atoms with E-state index in [0.717, 1.165) is 11.3 Å². The van der Waals surface area contributed by atoms with Gasteiger partial charge in [0.15, 0.2) is 5.82 Å². The molecule has 0 spiro atoms. The van der Waals surface area contributed by atoms with Crippen molar-refractivity contribution in [3.8, 4) is 0 Å². The highest BCUT2D eigenvalue weighted by molar-refractivity contribution is 5.89. The first-order chi connectivity index (χ1) is 6.65. The molecule has 0 aromatic carbocycles. The molecule has 1 aromatic heterocycles. The van der Waals surface area contributed by atoms with E-state index in [0.29, 0.717) is 12.4 Å². The van der Waals surface area contributed by atoms with E-state index in [4.69, 9.17) is 0 Å². The van der Waals surface area contributed by atoms with E-state index in [1.54, 1.807) is 6.08 Å². The number of urea groups is 1. The third-order valence-electron chi connectivity index (χ3n) is 1.89. The third kappa shape index (κ3) is 2.35. The van der Waals surface area contributed by atoms with Crippen LogP contribution in [-0.4, -0.2) is 22.8 Å². The van der Waals surface area contributed by atoms with E-state index in [9.17, 15) is 4.79 Å². The molecule has 0 unspecified atom stereocenters. The van der Waals surface area contributed by atoms with Crippen LogP contribution in [0.2, 0.25) is 0 Å². The second-order valence-corrected chi connectivity index (χ2v) is 2.95. The number of anilines is 1. The van der Waals surface area contributed by atoms with Crippen LogP contribution < -0.4 is 10.6 Å². The number of rotatable bonds is 3. The summed E-state index contributed by atoms with van der Waals surface area (Å²) in [4.78, 5) is 11.2. The summed E-state index contributed by atoms with van der Waals surface area (Å²) in [6, 6.07) is -0.278. The molecule has 0 aliphatic carbocycles. The number of aromatic nitrogens is 2. The van der Waals surface area contributed by atoms with Gasteiger partial charge in [-0.2, -0.15) is 5.10 Å². The summed E-state index contributed by atoms with van der Waals surface area (Å²) in [7, 11) is 0. The molecular formula is C9H14N4O. The van der Waals surface area contributed by atoms with Gasteiger partial charge in [-0.15, -0.1) is 6.58 Å². The van der Waals surface area contributed by atoms with E-state index < -0.39 is 0 Å². The van der Waals surface area contributed by atoms with E-state index in [2.05, 4.69) is 27.4 Å². The zero-order chi connectivity index (χ0) is 10.6. The van der Waals surface area contributed by atoms with Gasteiger partial charge in [0.1, 0.15) is 0 Å². The van der Waals surface area contributed by atoms with Crippen LogP contribution in [0.4, 0.5) is 10.6 Å². The number of H-pyrrole nitrogens is 1. The SMILES string of the molecule is C=CCNC(=O)Nc1n[nH]c(C)c1C. The topological polar surface area (TPSA) is 69.8 Å². The standard InChI is InChI=1S/C9H14N4O/c1-4-5-10-9(14)11-8-6(2)7(3)12-13-8/h4H,1,5H2,2-3H3,(H3,10,11,12,13,14). The molecule has 76 valence electrons. The first-order valence-corrected chi connectivity index (χ1v) is 4.32. The van der Waals surface area contributed by atoms with Crippen LogP contribution in [0.5, 0.6) is 0 Å². The van der Waals surface area contributed by atoms with Gasteiger partial charge in [0, 0.05) is 17.8 Å². The number of amides is 2. The molecule has 5 heteroatoms. The molecule has 3 N–H and O–H groups in total. The number of carbonyl (C=O) groups excluding carboxylic acids is 1. The number of aromatic amines is 1. The minimum atomic E-state index is -0.278. The Morgan fingerprint density at radius 1 is 1.64 bits per heavy atom. The maximum absolute atomic E-state index is 11.2. The van der Waals surface area contributed by atoms with Crippen molar-refractivity contribution < 1.29 is 4.79 Å². The molecule has 0 bridgehead atoms. The van der Waals surface area contributed by atoms with Crippen molar-refractivity contribution in [1.29, 1.82) is 0 Å². The van der Waals surface area contributed by atoms with Crippen LogP contribution in [0.3, 0.4) is 0 Å². The third-order valence-corrected chi connectivity index (χ3v) is 1.89. The lowest BCUT2D eigenvalue weighted by Gasteiger charge is -2.03. The molecule has 0 saturated carbocycles. The Hall–Kier alpha value is -1.78. The Kier molecular flexibility index (Phi) is 3.28. The van der Waals surface area contributed by atoms with Crippen LogP contribution in [0, 0.1) is 13.8 Å². The van der Waals surface area contributed by atoms with Crippen molar-refractivity contribution in [2.75, 3.05) is 11.9 Å². The number of nitrogens with zero attached hydrogens (tertiary/aromatic N) is 1. The van der Waals surface area contributed by atoms with Crippen LogP contribution in [-0.2, 0) is 0 Å². The molecule has 0 saturated heterocycles. The lowest BCUT2D eigenvalue weighted by Crippen LogP contribution is -2.29. The molecule has 1 heterocycles. The van der Waals surface area contributed by atoms with Crippen molar-refractivity contribution >= 4 is 11.8 Å². The minimum absolute atomic E-state index is 0.278. The summed E-state index contributed by atoms with van der Waals surface area (Å²) in [6.45, 7) is 7.72. The molecule has 0 radical (unpaired) electrons. The predicted molar refractivity (Wildman–Crippen MR) is 55.3 cm³/mol. The summed E-state index contributed by atoms with van der Waals surface area (Å²) < 4.78 is 0. The van der Waals surface area contributed by atoms with E-state index >= 15 is 0 Å². The lowest BCUT2D eigenvalue weighted by atomic mass is 10.3. The second kappa shape index (κ2) is 4.45. The van der Waals surface area contributed by atoms with Gasteiger partial charge in [0.2, 0.25) is 0 Å². The van der Waals surface area contributed by atoms with Gasteiger partial charge in [0.05, 0.1) is 0 Å². The first kappa shape index (κ1) is 10.3. The Labute approximate surface area is 82.6 Å². The Morgan fingerprint density at radius 2 is 2.36 bits per heavy atom. The molecule has 0 fully saturated rings. The molecular weight excluding hydrogens is 180 g/mol. The average molecular weight is 194 g/mol. The smallest absolute Gasteiger partial charge is 0.320 e. The molecule has 0 aliphatic rings. The summed E-state index contributed by atoms with van der Waals surface area (Å²) in [5.74, 6) is 0.559. The molecule has 5 nitrogen and oxygen atoms in total. The molecule has 1 rings (SSSR count). The highest BCUT2D eigenvalue weighted by Crippen LogP contribution is 2.12. The Balaban J connectivity index is 2.56. The first-order valence-electron chi connectivity index (χ1n) is 4.32. The van der Waals surface area contributed by atoms with Gasteiger partial charge in [-0.3, -0.25) is 10.4 Å². The zero-order valence-corrected chi connectivity index (χ0v) is 8.35. The Morgan fingerprint density at radius 3 is 2.86 bits per heavy atom. The fourth-order valence-electron chi connectivity index (χ4n) is 0.923. The second-order valence-electron chi connectivity index (χ2n) is 2.95. The van der Waals surface area contributed by atoms with Gasteiger partial charge >= 0.3 is 6.03 Å². The molecule has 1 aromatic rings. The van der Waals surface area contributed by atoms with Crippen molar-refractivity contribution in [3.05, 3.63) is 23.9 Å². The quantitative estimate of drug-likeness (QED) is 0.635. The van der Waals surface area contributed by atoms with Gasteiger partial charge in [0.25, 0.3) is 0 Å². The number of aryl methyl sites for hydroxylation is 1. The largest absolute Gasteiger partial charge is 0.334 e.